The van der Waals surface area contributed by atoms with Gasteiger partial charge in [0.2, 0.25) is 0 Å². The molecule has 0 aliphatic heterocycles. The van der Waals surface area contributed by atoms with Crippen molar-refractivity contribution in [1.82, 2.24) is 14.7 Å². The number of hydrogen-bond acceptors (Lipinski definition) is 3. The smallest absolute Gasteiger partial charge is 0.0534 e. The van der Waals surface area contributed by atoms with Gasteiger partial charge in [-0.2, -0.15) is 5.10 Å². The zero-order valence-corrected chi connectivity index (χ0v) is 12.7. The molecule has 0 amide bonds. The second-order valence-electron chi connectivity index (χ2n) is 5.21. The quantitative estimate of drug-likeness (QED) is 0.890. The highest BCUT2D eigenvalue weighted by Gasteiger charge is 2.08. The van der Waals surface area contributed by atoms with E-state index in [0.717, 1.165) is 30.1 Å². The maximum absolute atomic E-state index is 6.20. The third-order valence-corrected chi connectivity index (χ3v) is 3.58. The molecule has 0 spiro atoms. The molecule has 2 rings (SSSR count). The molecule has 0 bridgehead atoms. The van der Waals surface area contributed by atoms with Gasteiger partial charge in [-0.1, -0.05) is 23.7 Å². The van der Waals surface area contributed by atoms with Crippen molar-refractivity contribution in [3.05, 3.63) is 52.8 Å². The summed E-state index contributed by atoms with van der Waals surface area (Å²) >= 11 is 5.88. The fourth-order valence-corrected chi connectivity index (χ4v) is 2.31. The molecule has 20 heavy (non-hydrogen) atoms. The molecule has 1 atom stereocenters. The molecule has 0 saturated carbocycles. The minimum atomic E-state index is 0.0450. The van der Waals surface area contributed by atoms with Gasteiger partial charge in [-0.3, -0.25) is 4.68 Å². The number of aryl methyl sites for hydroxylation is 1. The monoisotopic (exact) mass is 292 g/mol. The van der Waals surface area contributed by atoms with E-state index in [1.165, 1.54) is 5.56 Å². The van der Waals surface area contributed by atoms with Crippen LogP contribution in [0.2, 0.25) is 5.02 Å². The van der Waals surface area contributed by atoms with Crippen molar-refractivity contribution in [2.24, 2.45) is 12.8 Å². The maximum atomic E-state index is 6.20. The van der Waals surface area contributed by atoms with Crippen LogP contribution in [0, 0.1) is 0 Å². The van der Waals surface area contributed by atoms with Crippen LogP contribution in [0.5, 0.6) is 0 Å². The van der Waals surface area contributed by atoms with E-state index in [2.05, 4.69) is 17.0 Å². The van der Waals surface area contributed by atoms with Crippen LogP contribution in [0.3, 0.4) is 0 Å². The highest BCUT2D eigenvalue weighted by molar-refractivity contribution is 6.30. The van der Waals surface area contributed by atoms with Crippen LogP contribution in [-0.4, -0.2) is 28.3 Å². The lowest BCUT2D eigenvalue weighted by Gasteiger charge is -2.19. The summed E-state index contributed by atoms with van der Waals surface area (Å²) in [7, 11) is 4.03. The third-order valence-electron chi connectivity index (χ3n) is 3.33. The highest BCUT2D eigenvalue weighted by atomic mass is 35.5. The molecular formula is C15H21ClN4. The van der Waals surface area contributed by atoms with E-state index in [4.69, 9.17) is 17.3 Å². The Bertz CT molecular complexity index is 535. The topological polar surface area (TPSA) is 47.1 Å². The van der Waals surface area contributed by atoms with E-state index in [0.29, 0.717) is 0 Å². The van der Waals surface area contributed by atoms with Crippen molar-refractivity contribution in [2.45, 2.75) is 19.0 Å². The van der Waals surface area contributed by atoms with Crippen molar-refractivity contribution in [1.29, 1.82) is 0 Å². The fourth-order valence-electron chi connectivity index (χ4n) is 2.18. The molecule has 1 aromatic carbocycles. The van der Waals surface area contributed by atoms with Gasteiger partial charge in [-0.15, -0.1) is 0 Å². The zero-order chi connectivity index (χ0) is 14.5. The van der Waals surface area contributed by atoms with Crippen LogP contribution in [0.4, 0.5) is 0 Å². The first-order valence-electron chi connectivity index (χ1n) is 6.71. The molecule has 1 unspecified atom stereocenters. The van der Waals surface area contributed by atoms with Gasteiger partial charge in [-0.25, -0.2) is 0 Å². The summed E-state index contributed by atoms with van der Waals surface area (Å²) in [4.78, 5) is 2.26. The summed E-state index contributed by atoms with van der Waals surface area (Å²) in [6.07, 6.45) is 4.85. The molecule has 4 nitrogen and oxygen atoms in total. The first-order valence-corrected chi connectivity index (χ1v) is 7.09. The molecule has 1 aromatic heterocycles. The normalized spacial score (nSPS) is 12.8. The van der Waals surface area contributed by atoms with Crippen LogP contribution in [0.25, 0.3) is 0 Å². The van der Waals surface area contributed by atoms with E-state index in [9.17, 15) is 0 Å². The van der Waals surface area contributed by atoms with E-state index >= 15 is 0 Å². The van der Waals surface area contributed by atoms with Crippen LogP contribution in [0.1, 0.15) is 23.6 Å². The summed E-state index contributed by atoms with van der Waals surface area (Å²) < 4.78 is 1.82. The van der Waals surface area contributed by atoms with Gasteiger partial charge in [0, 0.05) is 36.4 Å². The predicted octanol–water partition coefficient (Wildman–Crippen LogP) is 2.60. The van der Waals surface area contributed by atoms with Crippen molar-refractivity contribution >= 4 is 11.6 Å². The third kappa shape index (κ3) is 4.34. The Hall–Kier alpha value is -1.36. The Morgan fingerprint density at radius 3 is 2.65 bits per heavy atom. The molecule has 1 heterocycles. The van der Waals surface area contributed by atoms with Crippen molar-refractivity contribution in [2.75, 3.05) is 13.6 Å². The number of hydrogen-bond donors (Lipinski definition) is 1. The van der Waals surface area contributed by atoms with Crippen molar-refractivity contribution in [3.8, 4) is 0 Å². The molecule has 0 radical (unpaired) electrons. The highest BCUT2D eigenvalue weighted by Crippen LogP contribution is 2.17. The van der Waals surface area contributed by atoms with Gasteiger partial charge in [0.15, 0.2) is 0 Å². The van der Waals surface area contributed by atoms with Crippen LogP contribution >= 0.6 is 11.6 Å². The van der Waals surface area contributed by atoms with Gasteiger partial charge in [0.25, 0.3) is 0 Å². The van der Waals surface area contributed by atoms with Crippen LogP contribution < -0.4 is 5.73 Å². The molecular weight excluding hydrogens is 272 g/mol. The lowest BCUT2D eigenvalue weighted by atomic mass is 10.0. The molecule has 0 saturated heterocycles. The van der Waals surface area contributed by atoms with Crippen molar-refractivity contribution < 1.29 is 0 Å². The summed E-state index contributed by atoms with van der Waals surface area (Å²) in [5.41, 5.74) is 8.55. The number of halogens is 1. The first-order chi connectivity index (χ1) is 9.54. The van der Waals surface area contributed by atoms with E-state index in [1.54, 1.807) is 0 Å². The van der Waals surface area contributed by atoms with E-state index in [1.807, 2.05) is 48.4 Å². The van der Waals surface area contributed by atoms with Gasteiger partial charge >= 0.3 is 0 Å². The standard InChI is InChI=1S/C15H21ClN4/c1-19(10-12-9-18-20(2)11-12)8-7-15(17)13-3-5-14(16)6-4-13/h3-6,9,11,15H,7-8,10,17H2,1-2H3. The summed E-state index contributed by atoms with van der Waals surface area (Å²) in [5.74, 6) is 0. The van der Waals surface area contributed by atoms with Gasteiger partial charge < -0.3 is 10.6 Å². The molecule has 2 N–H and O–H groups in total. The summed E-state index contributed by atoms with van der Waals surface area (Å²) in [5, 5.41) is 4.92. The molecule has 5 heteroatoms. The number of benzene rings is 1. The Labute approximate surface area is 125 Å². The van der Waals surface area contributed by atoms with Gasteiger partial charge in [0.05, 0.1) is 6.20 Å². The predicted molar refractivity (Wildman–Crippen MR) is 82.5 cm³/mol. The molecule has 0 fully saturated rings. The lowest BCUT2D eigenvalue weighted by molar-refractivity contribution is 0.311. The average molecular weight is 293 g/mol. The summed E-state index contributed by atoms with van der Waals surface area (Å²) in [6.45, 7) is 1.83. The number of aromatic nitrogens is 2. The second-order valence-corrected chi connectivity index (χ2v) is 5.64. The van der Waals surface area contributed by atoms with Gasteiger partial charge in [0.1, 0.15) is 0 Å². The first kappa shape index (κ1) is 15.0. The van der Waals surface area contributed by atoms with E-state index in [-0.39, 0.29) is 6.04 Å². The SMILES string of the molecule is CN(CCC(N)c1ccc(Cl)cc1)Cc1cnn(C)c1. The van der Waals surface area contributed by atoms with E-state index < -0.39 is 0 Å². The Morgan fingerprint density at radius 1 is 1.35 bits per heavy atom. The zero-order valence-electron chi connectivity index (χ0n) is 12.0. The largest absolute Gasteiger partial charge is 0.324 e. The minimum Gasteiger partial charge on any atom is -0.324 e. The number of nitrogens with zero attached hydrogens (tertiary/aromatic N) is 3. The Morgan fingerprint density at radius 2 is 2.05 bits per heavy atom. The molecule has 2 aromatic rings. The number of nitrogens with two attached hydrogens (primary N) is 1. The summed E-state index contributed by atoms with van der Waals surface area (Å²) in [6, 6.07) is 7.80. The van der Waals surface area contributed by atoms with Crippen LogP contribution in [-0.2, 0) is 13.6 Å². The van der Waals surface area contributed by atoms with Crippen molar-refractivity contribution in [3.63, 3.8) is 0 Å². The second kappa shape index (κ2) is 6.88. The molecule has 0 aliphatic rings. The Kier molecular flexibility index (Phi) is 5.17. The molecule has 0 aliphatic carbocycles. The average Bonchev–Trinajstić information content (AvgIpc) is 2.82. The lowest BCUT2D eigenvalue weighted by Crippen LogP contribution is -2.23. The van der Waals surface area contributed by atoms with Crippen LogP contribution in [0.15, 0.2) is 36.7 Å². The molecule has 108 valence electrons. The minimum absolute atomic E-state index is 0.0450. The Balaban J connectivity index is 1.80. The van der Waals surface area contributed by atoms with Gasteiger partial charge in [-0.05, 0) is 37.7 Å². The maximum Gasteiger partial charge on any atom is 0.0534 e. The number of rotatable bonds is 6. The fraction of sp³-hybridized carbons (Fsp3) is 0.400.